The van der Waals surface area contributed by atoms with E-state index in [4.69, 9.17) is 9.84 Å². The monoisotopic (exact) mass is 263 g/mol. The third kappa shape index (κ3) is 2.95. The molecule has 0 aliphatic heterocycles. The SMILES string of the molecule is COc1cc(Nc2ccc(F)cn2)ncc1C(=O)O. The number of halogens is 1. The van der Waals surface area contributed by atoms with Gasteiger partial charge in [-0.05, 0) is 12.1 Å². The van der Waals surface area contributed by atoms with E-state index in [1.807, 2.05) is 0 Å². The molecule has 19 heavy (non-hydrogen) atoms. The molecule has 0 aromatic carbocycles. The van der Waals surface area contributed by atoms with Crippen LogP contribution < -0.4 is 10.1 Å². The van der Waals surface area contributed by atoms with Gasteiger partial charge in [0.1, 0.15) is 28.8 Å². The fourth-order valence-corrected chi connectivity index (χ4v) is 1.42. The number of anilines is 2. The van der Waals surface area contributed by atoms with Crippen molar-refractivity contribution in [3.63, 3.8) is 0 Å². The normalized spacial score (nSPS) is 10.0. The number of hydrogen-bond donors (Lipinski definition) is 2. The molecule has 0 amide bonds. The summed E-state index contributed by atoms with van der Waals surface area (Å²) in [6.07, 6.45) is 2.23. The van der Waals surface area contributed by atoms with Crippen molar-refractivity contribution in [2.24, 2.45) is 0 Å². The zero-order valence-corrected chi connectivity index (χ0v) is 9.92. The molecule has 0 spiro atoms. The van der Waals surface area contributed by atoms with Crippen LogP contribution in [0.1, 0.15) is 10.4 Å². The molecule has 0 atom stereocenters. The summed E-state index contributed by atoms with van der Waals surface area (Å²) < 4.78 is 17.7. The van der Waals surface area contributed by atoms with Crippen molar-refractivity contribution in [2.45, 2.75) is 0 Å². The molecule has 0 fully saturated rings. The van der Waals surface area contributed by atoms with Gasteiger partial charge in [-0.1, -0.05) is 0 Å². The van der Waals surface area contributed by atoms with Crippen LogP contribution in [0, 0.1) is 5.82 Å². The van der Waals surface area contributed by atoms with Crippen LogP contribution in [0.4, 0.5) is 16.0 Å². The Morgan fingerprint density at radius 1 is 1.32 bits per heavy atom. The highest BCUT2D eigenvalue weighted by atomic mass is 19.1. The maximum absolute atomic E-state index is 12.7. The number of aromatic nitrogens is 2. The molecular weight excluding hydrogens is 253 g/mol. The number of rotatable bonds is 4. The largest absolute Gasteiger partial charge is 0.496 e. The average molecular weight is 263 g/mol. The molecule has 0 saturated heterocycles. The molecule has 2 heterocycles. The lowest BCUT2D eigenvalue weighted by Gasteiger charge is -2.08. The van der Waals surface area contributed by atoms with Crippen molar-refractivity contribution in [3.8, 4) is 5.75 Å². The Kier molecular flexibility index (Phi) is 3.56. The highest BCUT2D eigenvalue weighted by Crippen LogP contribution is 2.22. The van der Waals surface area contributed by atoms with Crippen LogP contribution in [0.3, 0.4) is 0 Å². The lowest BCUT2D eigenvalue weighted by molar-refractivity contribution is 0.0693. The second-order valence-corrected chi connectivity index (χ2v) is 3.56. The van der Waals surface area contributed by atoms with E-state index in [0.29, 0.717) is 11.6 Å². The van der Waals surface area contributed by atoms with Gasteiger partial charge in [0, 0.05) is 12.3 Å². The van der Waals surface area contributed by atoms with Crippen LogP contribution in [0.2, 0.25) is 0 Å². The molecule has 0 radical (unpaired) electrons. The summed E-state index contributed by atoms with van der Waals surface area (Å²) in [6, 6.07) is 4.11. The Labute approximate surface area is 107 Å². The smallest absolute Gasteiger partial charge is 0.341 e. The van der Waals surface area contributed by atoms with Crippen LogP contribution >= 0.6 is 0 Å². The third-order valence-electron chi connectivity index (χ3n) is 2.30. The number of hydrogen-bond acceptors (Lipinski definition) is 5. The summed E-state index contributed by atoms with van der Waals surface area (Å²) in [4.78, 5) is 18.6. The fourth-order valence-electron chi connectivity index (χ4n) is 1.42. The lowest BCUT2D eigenvalue weighted by Crippen LogP contribution is -2.03. The van der Waals surface area contributed by atoms with Crippen molar-refractivity contribution >= 4 is 17.6 Å². The van der Waals surface area contributed by atoms with E-state index in [2.05, 4.69) is 15.3 Å². The van der Waals surface area contributed by atoms with Crippen LogP contribution in [0.25, 0.3) is 0 Å². The summed E-state index contributed by atoms with van der Waals surface area (Å²) in [5, 5.41) is 11.7. The quantitative estimate of drug-likeness (QED) is 0.878. The molecule has 2 aromatic rings. The van der Waals surface area contributed by atoms with Gasteiger partial charge in [-0.25, -0.2) is 19.2 Å². The van der Waals surface area contributed by atoms with E-state index in [-0.39, 0.29) is 11.3 Å². The molecule has 2 N–H and O–H groups in total. The zero-order valence-electron chi connectivity index (χ0n) is 9.92. The van der Waals surface area contributed by atoms with Gasteiger partial charge < -0.3 is 15.2 Å². The summed E-state index contributed by atoms with van der Waals surface area (Å²) in [5.41, 5.74) is -0.0416. The van der Waals surface area contributed by atoms with Crippen LogP contribution in [0.5, 0.6) is 5.75 Å². The number of pyridine rings is 2. The van der Waals surface area contributed by atoms with Crippen molar-refractivity contribution in [1.82, 2.24) is 9.97 Å². The van der Waals surface area contributed by atoms with Crippen molar-refractivity contribution in [3.05, 3.63) is 42.0 Å². The number of carboxylic acid groups (broad SMARTS) is 1. The Hall–Kier alpha value is -2.70. The molecule has 0 aliphatic carbocycles. The number of nitrogens with one attached hydrogen (secondary N) is 1. The average Bonchev–Trinajstić information content (AvgIpc) is 2.41. The highest BCUT2D eigenvalue weighted by Gasteiger charge is 2.12. The Morgan fingerprint density at radius 3 is 2.63 bits per heavy atom. The third-order valence-corrected chi connectivity index (χ3v) is 2.30. The van der Waals surface area contributed by atoms with Gasteiger partial charge in [-0.15, -0.1) is 0 Å². The number of aromatic carboxylic acids is 1. The number of ether oxygens (including phenoxy) is 1. The first-order chi connectivity index (χ1) is 9.10. The van der Waals surface area contributed by atoms with E-state index in [1.54, 1.807) is 0 Å². The Bertz CT molecular complexity index is 602. The maximum atomic E-state index is 12.7. The predicted molar refractivity (Wildman–Crippen MR) is 65.2 cm³/mol. The molecule has 0 unspecified atom stereocenters. The van der Waals surface area contributed by atoms with E-state index >= 15 is 0 Å². The second-order valence-electron chi connectivity index (χ2n) is 3.56. The van der Waals surface area contributed by atoms with E-state index in [9.17, 15) is 9.18 Å². The van der Waals surface area contributed by atoms with Gasteiger partial charge in [-0.2, -0.15) is 0 Å². The number of carbonyl (C=O) groups is 1. The van der Waals surface area contributed by atoms with Gasteiger partial charge in [0.05, 0.1) is 13.3 Å². The van der Waals surface area contributed by atoms with E-state index in [0.717, 1.165) is 6.20 Å². The second kappa shape index (κ2) is 5.30. The van der Waals surface area contributed by atoms with E-state index in [1.165, 1.54) is 31.5 Å². The van der Waals surface area contributed by atoms with Gasteiger partial charge in [-0.3, -0.25) is 0 Å². The fraction of sp³-hybridized carbons (Fsp3) is 0.0833. The molecule has 0 bridgehead atoms. The molecule has 2 aromatic heterocycles. The van der Waals surface area contributed by atoms with Crippen LogP contribution in [-0.4, -0.2) is 28.2 Å². The summed E-state index contributed by atoms with van der Waals surface area (Å²) in [5.74, 6) is -0.666. The molecule has 0 saturated carbocycles. The minimum absolute atomic E-state index is 0.0416. The Balaban J connectivity index is 2.26. The summed E-state index contributed by atoms with van der Waals surface area (Å²) in [6.45, 7) is 0. The van der Waals surface area contributed by atoms with Gasteiger partial charge in [0.2, 0.25) is 0 Å². The molecule has 7 heteroatoms. The number of nitrogens with zero attached hydrogens (tertiary/aromatic N) is 2. The summed E-state index contributed by atoms with van der Waals surface area (Å²) >= 11 is 0. The summed E-state index contributed by atoms with van der Waals surface area (Å²) in [7, 11) is 1.36. The first-order valence-electron chi connectivity index (χ1n) is 5.26. The molecule has 6 nitrogen and oxygen atoms in total. The molecule has 98 valence electrons. The number of methoxy groups -OCH3 is 1. The predicted octanol–water partition coefficient (Wildman–Crippen LogP) is 2.07. The topological polar surface area (TPSA) is 84.3 Å². The highest BCUT2D eigenvalue weighted by molar-refractivity contribution is 5.91. The molecule has 2 rings (SSSR count). The minimum Gasteiger partial charge on any atom is -0.496 e. The minimum atomic E-state index is -1.13. The number of carboxylic acids is 1. The Morgan fingerprint density at radius 2 is 2.05 bits per heavy atom. The van der Waals surface area contributed by atoms with Crippen LogP contribution in [-0.2, 0) is 0 Å². The van der Waals surface area contributed by atoms with E-state index < -0.39 is 11.8 Å². The first kappa shape index (κ1) is 12.7. The van der Waals surface area contributed by atoms with Crippen molar-refractivity contribution in [2.75, 3.05) is 12.4 Å². The standard InChI is InChI=1S/C12H10FN3O3/c1-19-9-4-11(15-6-8(9)12(17)18)16-10-3-2-7(13)5-14-10/h2-6H,1H3,(H,17,18)(H,14,15,16). The van der Waals surface area contributed by atoms with Crippen LogP contribution in [0.15, 0.2) is 30.6 Å². The molecular formula is C12H10FN3O3. The maximum Gasteiger partial charge on any atom is 0.341 e. The lowest BCUT2D eigenvalue weighted by atomic mass is 10.2. The van der Waals surface area contributed by atoms with Gasteiger partial charge in [0.25, 0.3) is 0 Å². The van der Waals surface area contributed by atoms with Gasteiger partial charge in [0.15, 0.2) is 0 Å². The van der Waals surface area contributed by atoms with Crippen molar-refractivity contribution in [1.29, 1.82) is 0 Å². The van der Waals surface area contributed by atoms with Gasteiger partial charge >= 0.3 is 5.97 Å². The molecule has 0 aliphatic rings. The zero-order chi connectivity index (χ0) is 13.8. The van der Waals surface area contributed by atoms with Crippen molar-refractivity contribution < 1.29 is 19.0 Å². The first-order valence-corrected chi connectivity index (χ1v) is 5.26.